The molecule has 0 spiro atoms. The van der Waals surface area contributed by atoms with Gasteiger partial charge in [-0.3, -0.25) is 9.78 Å². The van der Waals surface area contributed by atoms with E-state index in [9.17, 15) is 13.2 Å². The van der Waals surface area contributed by atoms with Crippen molar-refractivity contribution in [2.45, 2.75) is 11.8 Å². The lowest BCUT2D eigenvalue weighted by molar-refractivity contribution is 0.0957. The summed E-state index contributed by atoms with van der Waals surface area (Å²) < 4.78 is 32.0. The SMILES string of the molecule is COc1ccc(S(=O)(=O)NCCNC(=O)c2sc(-c3ccccn3)nc2C)cc1. The minimum atomic E-state index is -3.66. The summed E-state index contributed by atoms with van der Waals surface area (Å²) in [7, 11) is -2.15. The van der Waals surface area contributed by atoms with Crippen LogP contribution in [0.5, 0.6) is 5.75 Å². The molecule has 0 atom stereocenters. The highest BCUT2D eigenvalue weighted by Gasteiger charge is 2.17. The Kier molecular flexibility index (Phi) is 6.57. The number of amides is 1. The van der Waals surface area contributed by atoms with Gasteiger partial charge in [0.1, 0.15) is 15.6 Å². The lowest BCUT2D eigenvalue weighted by Gasteiger charge is -2.08. The van der Waals surface area contributed by atoms with Crippen LogP contribution in [0.1, 0.15) is 15.4 Å². The van der Waals surface area contributed by atoms with E-state index in [1.807, 2.05) is 18.2 Å². The number of carbonyl (C=O) groups is 1. The molecule has 0 aliphatic heterocycles. The zero-order chi connectivity index (χ0) is 20.9. The van der Waals surface area contributed by atoms with Crippen molar-refractivity contribution in [2.24, 2.45) is 0 Å². The first-order valence-corrected chi connectivity index (χ1v) is 11.0. The van der Waals surface area contributed by atoms with Crippen LogP contribution in [0.2, 0.25) is 0 Å². The van der Waals surface area contributed by atoms with Gasteiger partial charge in [-0.1, -0.05) is 6.07 Å². The number of ether oxygens (including phenoxy) is 1. The number of sulfonamides is 1. The van der Waals surface area contributed by atoms with Crippen molar-refractivity contribution in [3.63, 3.8) is 0 Å². The highest BCUT2D eigenvalue weighted by molar-refractivity contribution is 7.89. The van der Waals surface area contributed by atoms with Crippen molar-refractivity contribution in [1.82, 2.24) is 20.0 Å². The molecule has 8 nitrogen and oxygen atoms in total. The fraction of sp³-hybridized carbons (Fsp3) is 0.211. The molecule has 0 unspecified atom stereocenters. The van der Waals surface area contributed by atoms with Gasteiger partial charge in [0.2, 0.25) is 10.0 Å². The summed E-state index contributed by atoms with van der Waals surface area (Å²) in [5.74, 6) is 0.270. The molecular weight excluding hydrogens is 412 g/mol. The quantitative estimate of drug-likeness (QED) is 0.528. The standard InChI is InChI=1S/C19H20N4O4S2/c1-13-17(28-19(23-13)16-5-3-4-10-20-16)18(24)21-11-12-22-29(25,26)15-8-6-14(27-2)7-9-15/h3-10,22H,11-12H2,1-2H3,(H,21,24). The molecule has 2 heterocycles. The van der Waals surface area contributed by atoms with Gasteiger partial charge in [0.05, 0.1) is 23.4 Å². The van der Waals surface area contributed by atoms with Gasteiger partial charge >= 0.3 is 0 Å². The summed E-state index contributed by atoms with van der Waals surface area (Å²) >= 11 is 1.25. The van der Waals surface area contributed by atoms with E-state index < -0.39 is 10.0 Å². The topological polar surface area (TPSA) is 110 Å². The van der Waals surface area contributed by atoms with Gasteiger partial charge < -0.3 is 10.1 Å². The third kappa shape index (κ3) is 5.17. The summed E-state index contributed by atoms with van der Waals surface area (Å²) in [6.07, 6.45) is 1.67. The third-order valence-electron chi connectivity index (χ3n) is 3.96. The van der Waals surface area contributed by atoms with E-state index in [0.29, 0.717) is 27.0 Å². The molecule has 0 aliphatic carbocycles. The molecule has 0 saturated heterocycles. The van der Waals surface area contributed by atoms with Crippen molar-refractivity contribution in [1.29, 1.82) is 0 Å². The molecule has 29 heavy (non-hydrogen) atoms. The van der Waals surface area contributed by atoms with Gasteiger partial charge in [-0.15, -0.1) is 11.3 Å². The second-order valence-electron chi connectivity index (χ2n) is 5.98. The van der Waals surface area contributed by atoms with Crippen molar-refractivity contribution in [3.8, 4) is 16.5 Å². The Balaban J connectivity index is 1.55. The molecule has 0 radical (unpaired) electrons. The van der Waals surface area contributed by atoms with Crippen LogP contribution < -0.4 is 14.8 Å². The van der Waals surface area contributed by atoms with E-state index in [1.165, 1.54) is 30.6 Å². The number of thiazole rings is 1. The number of carbonyl (C=O) groups excluding carboxylic acids is 1. The first kappa shape index (κ1) is 20.9. The maximum atomic E-state index is 12.4. The van der Waals surface area contributed by atoms with Gasteiger partial charge in [-0.25, -0.2) is 18.1 Å². The van der Waals surface area contributed by atoms with E-state index in [1.54, 1.807) is 25.3 Å². The van der Waals surface area contributed by atoms with Crippen molar-refractivity contribution < 1.29 is 17.9 Å². The molecule has 1 aromatic carbocycles. The molecule has 152 valence electrons. The second kappa shape index (κ2) is 9.12. The zero-order valence-electron chi connectivity index (χ0n) is 15.9. The lowest BCUT2D eigenvalue weighted by Crippen LogP contribution is -2.34. The molecule has 1 amide bonds. The molecule has 0 saturated carbocycles. The van der Waals surface area contributed by atoms with Crippen LogP contribution in [0, 0.1) is 6.92 Å². The summed E-state index contributed by atoms with van der Waals surface area (Å²) in [6, 6.07) is 11.6. The number of aryl methyl sites for hydroxylation is 1. The van der Waals surface area contributed by atoms with Gasteiger partial charge in [0, 0.05) is 19.3 Å². The highest BCUT2D eigenvalue weighted by atomic mass is 32.2. The molecule has 0 aliphatic rings. The van der Waals surface area contributed by atoms with Crippen LogP contribution in [-0.2, 0) is 10.0 Å². The molecule has 0 fully saturated rings. The summed E-state index contributed by atoms with van der Waals surface area (Å²) in [5.41, 5.74) is 1.30. The highest BCUT2D eigenvalue weighted by Crippen LogP contribution is 2.26. The Morgan fingerprint density at radius 3 is 2.55 bits per heavy atom. The molecule has 2 aromatic heterocycles. The summed E-state index contributed by atoms with van der Waals surface area (Å²) in [6.45, 7) is 1.96. The summed E-state index contributed by atoms with van der Waals surface area (Å²) in [5, 5.41) is 3.37. The minimum absolute atomic E-state index is 0.0606. The number of nitrogens with zero attached hydrogens (tertiary/aromatic N) is 2. The molecular formula is C19H20N4O4S2. The molecule has 0 bridgehead atoms. The number of hydrogen-bond donors (Lipinski definition) is 2. The number of hydrogen-bond acceptors (Lipinski definition) is 7. The third-order valence-corrected chi connectivity index (χ3v) is 6.61. The van der Waals surface area contributed by atoms with Crippen LogP contribution in [0.25, 0.3) is 10.7 Å². The summed E-state index contributed by atoms with van der Waals surface area (Å²) in [4.78, 5) is 21.7. The normalized spacial score (nSPS) is 11.2. The monoisotopic (exact) mass is 432 g/mol. The largest absolute Gasteiger partial charge is 0.497 e. The second-order valence-corrected chi connectivity index (χ2v) is 8.74. The molecule has 10 heteroatoms. The smallest absolute Gasteiger partial charge is 0.263 e. The Labute approximate surface area is 173 Å². The fourth-order valence-electron chi connectivity index (χ4n) is 2.49. The van der Waals surface area contributed by atoms with Crippen LogP contribution in [-0.4, -0.2) is 44.5 Å². The van der Waals surface area contributed by atoms with Crippen molar-refractivity contribution >= 4 is 27.3 Å². The van der Waals surface area contributed by atoms with E-state index in [4.69, 9.17) is 4.74 Å². The maximum Gasteiger partial charge on any atom is 0.263 e. The van der Waals surface area contributed by atoms with Crippen molar-refractivity contribution in [3.05, 3.63) is 59.2 Å². The predicted molar refractivity (Wildman–Crippen MR) is 111 cm³/mol. The van der Waals surface area contributed by atoms with Gasteiger partial charge in [-0.2, -0.15) is 0 Å². The Bertz CT molecular complexity index is 1080. The zero-order valence-corrected chi connectivity index (χ0v) is 17.5. The predicted octanol–water partition coefficient (Wildman–Crippen LogP) is 2.23. The van der Waals surface area contributed by atoms with E-state index in [-0.39, 0.29) is 23.9 Å². The van der Waals surface area contributed by atoms with Gasteiger partial charge in [-0.05, 0) is 43.3 Å². The Morgan fingerprint density at radius 1 is 1.14 bits per heavy atom. The number of rotatable bonds is 8. The average Bonchev–Trinajstić information content (AvgIpc) is 3.13. The van der Waals surface area contributed by atoms with Gasteiger partial charge in [0.15, 0.2) is 0 Å². The number of aromatic nitrogens is 2. The minimum Gasteiger partial charge on any atom is -0.497 e. The fourth-order valence-corrected chi connectivity index (χ4v) is 4.48. The van der Waals surface area contributed by atoms with Crippen LogP contribution in [0.4, 0.5) is 0 Å². The number of methoxy groups -OCH3 is 1. The average molecular weight is 433 g/mol. The number of pyridine rings is 1. The number of nitrogens with one attached hydrogen (secondary N) is 2. The van der Waals surface area contributed by atoms with E-state index in [2.05, 4.69) is 20.0 Å². The molecule has 2 N–H and O–H groups in total. The van der Waals surface area contributed by atoms with E-state index >= 15 is 0 Å². The van der Waals surface area contributed by atoms with Crippen LogP contribution in [0.3, 0.4) is 0 Å². The number of benzene rings is 1. The van der Waals surface area contributed by atoms with Crippen molar-refractivity contribution in [2.75, 3.05) is 20.2 Å². The maximum absolute atomic E-state index is 12.4. The van der Waals surface area contributed by atoms with Gasteiger partial charge in [0.25, 0.3) is 5.91 Å². The Hall–Kier alpha value is -2.82. The van der Waals surface area contributed by atoms with Crippen LogP contribution >= 0.6 is 11.3 Å². The first-order chi connectivity index (χ1) is 13.9. The first-order valence-electron chi connectivity index (χ1n) is 8.71. The lowest BCUT2D eigenvalue weighted by atomic mass is 10.3. The molecule has 3 rings (SSSR count). The van der Waals surface area contributed by atoms with E-state index in [0.717, 1.165) is 0 Å². The Morgan fingerprint density at radius 2 is 1.90 bits per heavy atom. The van der Waals surface area contributed by atoms with Crippen LogP contribution in [0.15, 0.2) is 53.6 Å². The molecule has 3 aromatic rings.